The van der Waals surface area contributed by atoms with Gasteiger partial charge in [0, 0.05) is 11.8 Å². The molecular weight excluding hydrogens is 444 g/mol. The minimum atomic E-state index is -0.847. The maximum atomic E-state index is 12.5. The quantitative estimate of drug-likeness (QED) is 0.452. The fourth-order valence-electron chi connectivity index (χ4n) is 3.50. The number of carbonyl (C=O) groups excluding carboxylic acids is 4. The largest absolute Gasteiger partial charge is 0.462 e. The molecule has 0 bridgehead atoms. The molecule has 0 saturated heterocycles. The summed E-state index contributed by atoms with van der Waals surface area (Å²) in [4.78, 5) is 50.1. The van der Waals surface area contributed by atoms with Crippen LogP contribution in [-0.4, -0.2) is 37.0 Å². The van der Waals surface area contributed by atoms with Gasteiger partial charge in [-0.1, -0.05) is 30.3 Å². The van der Waals surface area contributed by atoms with Gasteiger partial charge in [0.05, 0.1) is 12.2 Å². The summed E-state index contributed by atoms with van der Waals surface area (Å²) in [6.07, 6.45) is 5.08. The SMILES string of the molecule is CCOC(=O)c1c(NC(=O)COC(=O)/C(=C/c2ccccc2)NC(C)=O)sc2c1CCCC2. The molecule has 9 heteroatoms. The second-order valence-corrected chi connectivity index (χ2v) is 8.51. The Hall–Kier alpha value is -3.46. The normalized spacial score (nSPS) is 13.0. The Morgan fingerprint density at radius 3 is 2.48 bits per heavy atom. The van der Waals surface area contributed by atoms with E-state index >= 15 is 0 Å². The second kappa shape index (κ2) is 11.4. The maximum absolute atomic E-state index is 12.5. The van der Waals surface area contributed by atoms with Crippen LogP contribution >= 0.6 is 11.3 Å². The molecule has 0 aliphatic heterocycles. The van der Waals surface area contributed by atoms with Gasteiger partial charge in [-0.2, -0.15) is 0 Å². The molecular formula is C24H26N2O6S. The highest BCUT2D eigenvalue weighted by Gasteiger charge is 2.27. The molecule has 0 atom stereocenters. The molecule has 1 heterocycles. The molecule has 0 saturated carbocycles. The number of hydrogen-bond donors (Lipinski definition) is 2. The van der Waals surface area contributed by atoms with Gasteiger partial charge in [0.2, 0.25) is 5.91 Å². The van der Waals surface area contributed by atoms with Crippen LogP contribution in [0.2, 0.25) is 0 Å². The van der Waals surface area contributed by atoms with Crippen LogP contribution in [0.25, 0.3) is 6.08 Å². The number of anilines is 1. The van der Waals surface area contributed by atoms with Crippen LogP contribution in [0.1, 0.15) is 53.1 Å². The first-order valence-electron chi connectivity index (χ1n) is 10.7. The zero-order chi connectivity index (χ0) is 23.8. The van der Waals surface area contributed by atoms with Gasteiger partial charge in [-0.25, -0.2) is 9.59 Å². The summed E-state index contributed by atoms with van der Waals surface area (Å²) in [5, 5.41) is 5.52. The second-order valence-electron chi connectivity index (χ2n) is 7.41. The van der Waals surface area contributed by atoms with Crippen molar-refractivity contribution < 1.29 is 28.7 Å². The summed E-state index contributed by atoms with van der Waals surface area (Å²) in [5.41, 5.74) is 1.92. The molecule has 33 heavy (non-hydrogen) atoms. The number of aryl methyl sites for hydroxylation is 1. The van der Waals surface area contributed by atoms with E-state index in [0.717, 1.165) is 36.1 Å². The topological polar surface area (TPSA) is 111 Å². The van der Waals surface area contributed by atoms with Gasteiger partial charge >= 0.3 is 11.9 Å². The lowest BCUT2D eigenvalue weighted by Crippen LogP contribution is -2.29. The van der Waals surface area contributed by atoms with E-state index < -0.39 is 30.4 Å². The zero-order valence-corrected chi connectivity index (χ0v) is 19.4. The molecule has 174 valence electrons. The van der Waals surface area contributed by atoms with Crippen molar-refractivity contribution in [1.29, 1.82) is 0 Å². The number of ether oxygens (including phenoxy) is 2. The third-order valence-corrected chi connectivity index (χ3v) is 6.09. The van der Waals surface area contributed by atoms with Crippen molar-refractivity contribution in [3.63, 3.8) is 0 Å². The Morgan fingerprint density at radius 1 is 1.06 bits per heavy atom. The number of amides is 2. The molecule has 1 aliphatic rings. The summed E-state index contributed by atoms with van der Waals surface area (Å²) in [6.45, 7) is 2.65. The average Bonchev–Trinajstić information content (AvgIpc) is 3.15. The minimum absolute atomic E-state index is 0.0831. The van der Waals surface area contributed by atoms with Gasteiger partial charge in [0.15, 0.2) is 6.61 Å². The van der Waals surface area contributed by atoms with Crippen molar-refractivity contribution in [2.24, 2.45) is 0 Å². The average molecular weight is 471 g/mol. The van der Waals surface area contributed by atoms with E-state index in [9.17, 15) is 19.2 Å². The fraction of sp³-hybridized carbons (Fsp3) is 0.333. The zero-order valence-electron chi connectivity index (χ0n) is 18.6. The highest BCUT2D eigenvalue weighted by molar-refractivity contribution is 7.17. The molecule has 1 aromatic heterocycles. The molecule has 1 aromatic carbocycles. The van der Waals surface area contributed by atoms with Crippen LogP contribution in [0.4, 0.5) is 5.00 Å². The molecule has 8 nitrogen and oxygen atoms in total. The van der Waals surface area contributed by atoms with Crippen molar-refractivity contribution >= 4 is 46.2 Å². The maximum Gasteiger partial charge on any atom is 0.355 e. The van der Waals surface area contributed by atoms with Gasteiger partial charge in [0.1, 0.15) is 10.7 Å². The number of nitrogens with one attached hydrogen (secondary N) is 2. The molecule has 2 N–H and O–H groups in total. The van der Waals surface area contributed by atoms with Crippen LogP contribution in [0.3, 0.4) is 0 Å². The minimum Gasteiger partial charge on any atom is -0.462 e. The molecule has 1 aliphatic carbocycles. The van der Waals surface area contributed by atoms with Gasteiger partial charge in [-0.05, 0) is 49.8 Å². The van der Waals surface area contributed by atoms with Crippen LogP contribution in [0.15, 0.2) is 36.0 Å². The molecule has 0 spiro atoms. The van der Waals surface area contributed by atoms with E-state index in [2.05, 4.69) is 10.6 Å². The summed E-state index contributed by atoms with van der Waals surface area (Å²) in [5.74, 6) is -2.35. The van der Waals surface area contributed by atoms with E-state index in [-0.39, 0.29) is 12.3 Å². The summed E-state index contributed by atoms with van der Waals surface area (Å²) in [7, 11) is 0. The summed E-state index contributed by atoms with van der Waals surface area (Å²) < 4.78 is 10.3. The first kappa shape index (κ1) is 24.2. The van der Waals surface area contributed by atoms with Crippen molar-refractivity contribution in [1.82, 2.24) is 5.32 Å². The van der Waals surface area contributed by atoms with E-state index in [0.29, 0.717) is 16.1 Å². The lowest BCUT2D eigenvalue weighted by atomic mass is 9.95. The standard InChI is InChI=1S/C24H26N2O6S/c1-3-31-24(30)21-17-11-7-8-12-19(17)33-22(21)26-20(28)14-32-23(29)18(25-15(2)27)13-16-9-5-4-6-10-16/h4-6,9-10,13H,3,7-8,11-12,14H2,1-2H3,(H,25,27)(H,26,28)/b18-13-. The molecule has 2 amide bonds. The highest BCUT2D eigenvalue weighted by atomic mass is 32.1. The van der Waals surface area contributed by atoms with Crippen LogP contribution in [0, 0.1) is 0 Å². The van der Waals surface area contributed by atoms with Crippen molar-refractivity contribution in [2.45, 2.75) is 39.5 Å². The predicted octanol–water partition coefficient (Wildman–Crippen LogP) is 3.46. The number of esters is 2. The molecule has 3 rings (SSSR count). The lowest BCUT2D eigenvalue weighted by Gasteiger charge is -2.12. The first-order chi connectivity index (χ1) is 15.9. The van der Waals surface area contributed by atoms with Crippen LogP contribution in [0.5, 0.6) is 0 Å². The smallest absolute Gasteiger partial charge is 0.355 e. The summed E-state index contributed by atoms with van der Waals surface area (Å²) >= 11 is 1.35. The van der Waals surface area contributed by atoms with Crippen molar-refractivity contribution in [2.75, 3.05) is 18.5 Å². The summed E-state index contributed by atoms with van der Waals surface area (Å²) in [6, 6.07) is 8.93. The number of thiophene rings is 1. The van der Waals surface area contributed by atoms with Gasteiger partial charge in [-0.3, -0.25) is 9.59 Å². The van der Waals surface area contributed by atoms with E-state index in [1.54, 1.807) is 31.2 Å². The van der Waals surface area contributed by atoms with E-state index in [4.69, 9.17) is 9.47 Å². The van der Waals surface area contributed by atoms with Gasteiger partial charge < -0.3 is 20.1 Å². The lowest BCUT2D eigenvalue weighted by molar-refractivity contribution is -0.144. The Labute approximate surface area is 196 Å². The Kier molecular flexibility index (Phi) is 8.37. The molecule has 0 fully saturated rings. The van der Waals surface area contributed by atoms with E-state index in [1.807, 2.05) is 6.07 Å². The van der Waals surface area contributed by atoms with Crippen molar-refractivity contribution in [3.05, 3.63) is 57.6 Å². The highest BCUT2D eigenvalue weighted by Crippen LogP contribution is 2.38. The molecule has 0 unspecified atom stereocenters. The first-order valence-corrected chi connectivity index (χ1v) is 11.5. The van der Waals surface area contributed by atoms with Crippen molar-refractivity contribution in [3.8, 4) is 0 Å². The predicted molar refractivity (Wildman–Crippen MR) is 125 cm³/mol. The fourth-order valence-corrected chi connectivity index (χ4v) is 4.79. The van der Waals surface area contributed by atoms with Gasteiger partial charge in [-0.15, -0.1) is 11.3 Å². The third-order valence-electron chi connectivity index (χ3n) is 4.88. The molecule has 2 aromatic rings. The molecule has 0 radical (unpaired) electrons. The number of rotatable bonds is 8. The Morgan fingerprint density at radius 2 is 1.79 bits per heavy atom. The van der Waals surface area contributed by atoms with E-state index in [1.165, 1.54) is 24.3 Å². The number of carbonyl (C=O) groups is 4. The third kappa shape index (κ3) is 6.52. The Balaban J connectivity index is 1.70. The van der Waals surface area contributed by atoms with Crippen LogP contribution in [-0.2, 0) is 36.7 Å². The number of benzene rings is 1. The number of fused-ring (bicyclic) bond motifs is 1. The number of hydrogen-bond acceptors (Lipinski definition) is 7. The Bertz CT molecular complexity index is 1070. The van der Waals surface area contributed by atoms with Gasteiger partial charge in [0.25, 0.3) is 5.91 Å². The van der Waals surface area contributed by atoms with Crippen LogP contribution < -0.4 is 10.6 Å². The monoisotopic (exact) mass is 470 g/mol.